The number of hydrogen-bond donors (Lipinski definition) is 0. The van der Waals surface area contributed by atoms with Gasteiger partial charge in [-0.1, -0.05) is 51.8 Å². The molecule has 1 fully saturated rings. The fourth-order valence-electron chi connectivity index (χ4n) is 2.56. The highest BCUT2D eigenvalue weighted by molar-refractivity contribution is 5.81. The molecule has 2 heteroatoms. The Labute approximate surface area is 134 Å². The van der Waals surface area contributed by atoms with E-state index in [1.807, 2.05) is 32.9 Å². The lowest BCUT2D eigenvalue weighted by molar-refractivity contribution is -0.153. The molecule has 0 amide bonds. The van der Waals surface area contributed by atoms with Gasteiger partial charge in [0.05, 0.1) is 5.41 Å². The molecule has 0 N–H and O–H groups in total. The first-order valence-electron chi connectivity index (χ1n) is 7.66. The molecule has 22 heavy (non-hydrogen) atoms. The second kappa shape index (κ2) is 6.51. The lowest BCUT2D eigenvalue weighted by Crippen LogP contribution is -2.25. The number of rotatable bonds is 7. The van der Waals surface area contributed by atoms with Crippen molar-refractivity contribution in [3.8, 4) is 0 Å². The van der Waals surface area contributed by atoms with E-state index in [1.54, 1.807) is 12.2 Å². The molecule has 0 saturated heterocycles. The van der Waals surface area contributed by atoms with Crippen molar-refractivity contribution in [3.63, 3.8) is 0 Å². The topological polar surface area (TPSA) is 26.3 Å². The van der Waals surface area contributed by atoms with Gasteiger partial charge < -0.3 is 4.74 Å². The van der Waals surface area contributed by atoms with E-state index in [0.717, 1.165) is 23.1 Å². The average Bonchev–Trinajstić information content (AvgIpc) is 2.99. The van der Waals surface area contributed by atoms with Crippen molar-refractivity contribution in [2.45, 2.75) is 47.1 Å². The normalized spacial score (nSPS) is 25.1. The van der Waals surface area contributed by atoms with E-state index in [9.17, 15) is 4.79 Å². The maximum absolute atomic E-state index is 12.4. The van der Waals surface area contributed by atoms with Crippen molar-refractivity contribution in [2.24, 2.45) is 10.8 Å². The summed E-state index contributed by atoms with van der Waals surface area (Å²) in [5.41, 5.74) is 2.26. The zero-order chi connectivity index (χ0) is 17.1. The van der Waals surface area contributed by atoms with Gasteiger partial charge in [-0.15, -0.1) is 0 Å². The summed E-state index contributed by atoms with van der Waals surface area (Å²) < 4.78 is 5.68. The number of carbonyl (C=O) groups excluding carboxylic acids is 1. The number of ether oxygens (including phenoxy) is 1. The molecule has 0 aromatic carbocycles. The number of esters is 1. The first-order valence-corrected chi connectivity index (χ1v) is 7.66. The van der Waals surface area contributed by atoms with E-state index in [2.05, 4.69) is 33.6 Å². The molecule has 0 spiro atoms. The van der Waals surface area contributed by atoms with Crippen LogP contribution in [0.2, 0.25) is 0 Å². The van der Waals surface area contributed by atoms with E-state index in [-0.39, 0.29) is 22.9 Å². The fraction of sp³-hybridized carbons (Fsp3) is 0.450. The van der Waals surface area contributed by atoms with Crippen LogP contribution in [0.4, 0.5) is 0 Å². The molecular formula is C20H28O2. The minimum atomic E-state index is -0.365. The smallest absolute Gasteiger partial charge is 0.312 e. The summed E-state index contributed by atoms with van der Waals surface area (Å²) in [4.78, 5) is 12.4. The van der Waals surface area contributed by atoms with Crippen LogP contribution in [0.3, 0.4) is 0 Å². The highest BCUT2D eigenvalue weighted by Gasteiger charge is 2.64. The summed E-state index contributed by atoms with van der Waals surface area (Å²) in [6.45, 7) is 21.4. The molecule has 2 atom stereocenters. The van der Waals surface area contributed by atoms with Gasteiger partial charge in [-0.05, 0) is 55.4 Å². The Morgan fingerprint density at radius 2 is 1.77 bits per heavy atom. The van der Waals surface area contributed by atoms with Crippen LogP contribution in [0, 0.1) is 10.8 Å². The maximum atomic E-state index is 12.4. The Morgan fingerprint density at radius 3 is 2.14 bits per heavy atom. The highest BCUT2D eigenvalue weighted by atomic mass is 16.5. The number of carbonyl (C=O) groups is 1. The summed E-state index contributed by atoms with van der Waals surface area (Å²) >= 11 is 0. The third-order valence-corrected chi connectivity index (χ3v) is 4.86. The second-order valence-corrected chi connectivity index (χ2v) is 6.76. The monoisotopic (exact) mass is 300 g/mol. The Morgan fingerprint density at radius 1 is 1.23 bits per heavy atom. The third kappa shape index (κ3) is 3.49. The van der Waals surface area contributed by atoms with Crippen LogP contribution in [-0.2, 0) is 9.53 Å². The van der Waals surface area contributed by atoms with Crippen molar-refractivity contribution in [1.29, 1.82) is 0 Å². The van der Waals surface area contributed by atoms with E-state index >= 15 is 0 Å². The minimum absolute atomic E-state index is 0.0269. The van der Waals surface area contributed by atoms with Gasteiger partial charge in [0.2, 0.25) is 0 Å². The SMILES string of the molecule is C=CC(=C)/C(C=C)=C\C(=C/C)C(C)OC(=O)C1(C)CC1(C)C. The van der Waals surface area contributed by atoms with Crippen molar-refractivity contribution < 1.29 is 9.53 Å². The lowest BCUT2D eigenvalue weighted by atomic mass is 9.98. The largest absolute Gasteiger partial charge is 0.457 e. The fourth-order valence-corrected chi connectivity index (χ4v) is 2.56. The summed E-state index contributed by atoms with van der Waals surface area (Å²) in [5, 5.41) is 0. The Bertz CT molecular complexity index is 560. The molecule has 120 valence electrons. The quantitative estimate of drug-likeness (QED) is 0.480. The van der Waals surface area contributed by atoms with Crippen LogP contribution in [0.15, 0.2) is 60.8 Å². The average molecular weight is 300 g/mol. The molecule has 1 rings (SSSR count). The molecule has 1 saturated carbocycles. The molecule has 1 aliphatic rings. The van der Waals surface area contributed by atoms with E-state index in [1.165, 1.54) is 0 Å². The van der Waals surface area contributed by atoms with Gasteiger partial charge in [0.1, 0.15) is 6.10 Å². The summed E-state index contributed by atoms with van der Waals surface area (Å²) in [6, 6.07) is 0. The first-order chi connectivity index (χ1) is 10.1. The van der Waals surface area contributed by atoms with Gasteiger partial charge in [-0.3, -0.25) is 4.79 Å². The van der Waals surface area contributed by atoms with E-state index in [4.69, 9.17) is 4.74 Å². The van der Waals surface area contributed by atoms with Crippen molar-refractivity contribution in [3.05, 3.63) is 60.8 Å². The van der Waals surface area contributed by atoms with Crippen molar-refractivity contribution >= 4 is 5.97 Å². The van der Waals surface area contributed by atoms with Gasteiger partial charge in [-0.2, -0.15) is 0 Å². The zero-order valence-electron chi connectivity index (χ0n) is 14.5. The molecule has 2 nitrogen and oxygen atoms in total. The predicted molar refractivity (Wildman–Crippen MR) is 93.4 cm³/mol. The van der Waals surface area contributed by atoms with Gasteiger partial charge in [0, 0.05) is 0 Å². The van der Waals surface area contributed by atoms with Gasteiger partial charge in [0.15, 0.2) is 0 Å². The molecule has 0 heterocycles. The van der Waals surface area contributed by atoms with Crippen LogP contribution in [-0.4, -0.2) is 12.1 Å². The summed E-state index contributed by atoms with van der Waals surface area (Å²) in [7, 11) is 0. The van der Waals surface area contributed by atoms with E-state index in [0.29, 0.717) is 0 Å². The number of allylic oxidation sites excluding steroid dienone is 5. The standard InChI is InChI=1S/C20H28O2/c1-9-14(4)16(10-2)12-17(11-3)15(5)22-18(21)20(8)13-19(20,6)7/h9-12,15H,1-2,4,13H2,3,5-8H3/b16-12-,17-11+. The van der Waals surface area contributed by atoms with Crippen LogP contribution in [0.1, 0.15) is 41.0 Å². The minimum Gasteiger partial charge on any atom is -0.457 e. The summed E-state index contributed by atoms with van der Waals surface area (Å²) in [6.07, 6.45) is 7.86. The molecule has 0 aromatic heterocycles. The van der Waals surface area contributed by atoms with Crippen LogP contribution >= 0.6 is 0 Å². The molecule has 0 aliphatic heterocycles. The number of hydrogen-bond acceptors (Lipinski definition) is 2. The molecule has 0 aromatic rings. The molecule has 1 aliphatic carbocycles. The first kappa shape index (κ1) is 18.2. The van der Waals surface area contributed by atoms with Crippen LogP contribution in [0.5, 0.6) is 0 Å². The summed E-state index contributed by atoms with van der Waals surface area (Å²) in [5.74, 6) is -0.125. The van der Waals surface area contributed by atoms with Gasteiger partial charge in [-0.25, -0.2) is 0 Å². The Balaban J connectivity index is 2.87. The maximum Gasteiger partial charge on any atom is 0.312 e. The lowest BCUT2D eigenvalue weighted by Gasteiger charge is -2.20. The zero-order valence-corrected chi connectivity index (χ0v) is 14.5. The third-order valence-electron chi connectivity index (χ3n) is 4.86. The van der Waals surface area contributed by atoms with E-state index < -0.39 is 0 Å². The molecule has 2 unspecified atom stereocenters. The van der Waals surface area contributed by atoms with Crippen LogP contribution < -0.4 is 0 Å². The van der Waals surface area contributed by atoms with Crippen LogP contribution in [0.25, 0.3) is 0 Å². The molecular weight excluding hydrogens is 272 g/mol. The van der Waals surface area contributed by atoms with Gasteiger partial charge in [0.25, 0.3) is 0 Å². The van der Waals surface area contributed by atoms with Crippen molar-refractivity contribution in [1.82, 2.24) is 0 Å². The Hall–Kier alpha value is -1.83. The highest BCUT2D eigenvalue weighted by Crippen LogP contribution is 2.63. The second-order valence-electron chi connectivity index (χ2n) is 6.76. The van der Waals surface area contributed by atoms with Gasteiger partial charge >= 0.3 is 5.97 Å². The predicted octanol–water partition coefficient (Wildman–Crippen LogP) is 5.16. The van der Waals surface area contributed by atoms with Crippen molar-refractivity contribution in [2.75, 3.05) is 0 Å². The molecule has 0 bridgehead atoms. The Kier molecular flexibility index (Phi) is 5.39. The molecule has 0 radical (unpaired) electrons.